The smallest absolute Gasteiger partial charge is 0.337 e. The molecule has 0 aromatic heterocycles. The van der Waals surface area contributed by atoms with Gasteiger partial charge >= 0.3 is 5.97 Å². The fourth-order valence-electron chi connectivity index (χ4n) is 2.26. The van der Waals surface area contributed by atoms with Gasteiger partial charge in [-0.25, -0.2) is 4.79 Å². The van der Waals surface area contributed by atoms with Crippen molar-refractivity contribution < 1.29 is 9.90 Å². The summed E-state index contributed by atoms with van der Waals surface area (Å²) in [5, 5.41) is 9.73. The molecule has 0 saturated carbocycles. The van der Waals surface area contributed by atoms with Crippen molar-refractivity contribution in [1.82, 2.24) is 0 Å². The molecule has 1 N–H and O–H groups in total. The van der Waals surface area contributed by atoms with Gasteiger partial charge in [-0.1, -0.05) is 17.7 Å². The molecule has 0 aliphatic heterocycles. The molecule has 0 fully saturated rings. The summed E-state index contributed by atoms with van der Waals surface area (Å²) < 4.78 is 0. The summed E-state index contributed by atoms with van der Waals surface area (Å²) in [6.07, 6.45) is 0. The minimum Gasteiger partial charge on any atom is -0.478 e. The van der Waals surface area contributed by atoms with E-state index in [1.807, 2.05) is 37.9 Å². The van der Waals surface area contributed by atoms with Crippen LogP contribution >= 0.6 is 11.6 Å². The summed E-state index contributed by atoms with van der Waals surface area (Å²) in [5.74, 6) is -0.987. The summed E-state index contributed by atoms with van der Waals surface area (Å²) >= 11 is 5.88. The average molecular weight is 290 g/mol. The van der Waals surface area contributed by atoms with E-state index >= 15 is 0 Å². The Morgan fingerprint density at radius 1 is 1.10 bits per heavy atom. The van der Waals surface area contributed by atoms with E-state index in [2.05, 4.69) is 6.07 Å². The molecular formula is C16H16ClNO2. The molecule has 4 heteroatoms. The first-order valence-corrected chi connectivity index (χ1v) is 6.61. The van der Waals surface area contributed by atoms with Gasteiger partial charge in [0.25, 0.3) is 0 Å². The highest BCUT2D eigenvalue weighted by Crippen LogP contribution is 2.30. The van der Waals surface area contributed by atoms with Gasteiger partial charge in [0, 0.05) is 17.8 Å². The molecule has 0 unspecified atom stereocenters. The van der Waals surface area contributed by atoms with Crippen LogP contribution in [0.15, 0.2) is 36.4 Å². The molecule has 0 aliphatic rings. The van der Waals surface area contributed by atoms with Gasteiger partial charge in [-0.3, -0.25) is 0 Å². The van der Waals surface area contributed by atoms with Crippen molar-refractivity contribution >= 4 is 28.9 Å². The Labute approximate surface area is 123 Å². The molecule has 20 heavy (non-hydrogen) atoms. The van der Waals surface area contributed by atoms with Crippen LogP contribution in [-0.2, 0) is 0 Å². The monoisotopic (exact) mass is 289 g/mol. The van der Waals surface area contributed by atoms with Crippen LogP contribution in [0.1, 0.15) is 21.5 Å². The van der Waals surface area contributed by atoms with E-state index in [1.54, 1.807) is 12.1 Å². The van der Waals surface area contributed by atoms with E-state index in [0.717, 1.165) is 16.8 Å². The quantitative estimate of drug-likeness (QED) is 0.909. The van der Waals surface area contributed by atoms with Gasteiger partial charge in [0.05, 0.1) is 11.3 Å². The second-order valence-electron chi connectivity index (χ2n) is 4.87. The number of hydrogen-bond acceptors (Lipinski definition) is 2. The molecular weight excluding hydrogens is 274 g/mol. The summed E-state index contributed by atoms with van der Waals surface area (Å²) in [6.45, 7) is 4.04. The van der Waals surface area contributed by atoms with Crippen molar-refractivity contribution in [2.45, 2.75) is 13.8 Å². The molecule has 0 spiro atoms. The second-order valence-corrected chi connectivity index (χ2v) is 5.31. The number of aromatic carboxylic acids is 1. The molecule has 104 valence electrons. The van der Waals surface area contributed by atoms with Crippen molar-refractivity contribution in [1.29, 1.82) is 0 Å². The molecule has 0 aliphatic carbocycles. The number of hydrogen-bond donors (Lipinski definition) is 1. The molecule has 0 bridgehead atoms. The molecule has 0 saturated heterocycles. The van der Waals surface area contributed by atoms with Gasteiger partial charge in [-0.05, 0) is 55.3 Å². The molecule has 0 atom stereocenters. The Bertz CT molecular complexity index is 647. The Kier molecular flexibility index (Phi) is 4.00. The number of carboxylic acids is 1. The molecule has 2 aromatic rings. The first-order valence-electron chi connectivity index (χ1n) is 6.23. The second kappa shape index (κ2) is 5.55. The van der Waals surface area contributed by atoms with Gasteiger partial charge in [0.15, 0.2) is 0 Å². The van der Waals surface area contributed by atoms with Gasteiger partial charge in [0.2, 0.25) is 0 Å². The lowest BCUT2D eigenvalue weighted by Gasteiger charge is -2.22. The lowest BCUT2D eigenvalue weighted by molar-refractivity contribution is 0.0697. The van der Waals surface area contributed by atoms with E-state index in [9.17, 15) is 9.90 Å². The molecule has 2 rings (SSSR count). The number of halogens is 1. The van der Waals surface area contributed by atoms with E-state index in [-0.39, 0.29) is 5.56 Å². The molecule has 0 radical (unpaired) electrons. The van der Waals surface area contributed by atoms with Crippen LogP contribution in [0, 0.1) is 13.8 Å². The third kappa shape index (κ3) is 2.94. The SMILES string of the molecule is Cc1cc(C)cc(N(C)c2ccc(Cl)cc2C(=O)O)c1. The van der Waals surface area contributed by atoms with Crippen molar-refractivity contribution in [2.75, 3.05) is 11.9 Å². The number of benzene rings is 2. The first-order chi connectivity index (χ1) is 9.38. The van der Waals surface area contributed by atoms with Crippen molar-refractivity contribution in [3.8, 4) is 0 Å². The Balaban J connectivity index is 2.52. The molecule has 2 aromatic carbocycles. The largest absolute Gasteiger partial charge is 0.478 e. The zero-order chi connectivity index (χ0) is 14.9. The summed E-state index contributed by atoms with van der Waals surface area (Å²) in [7, 11) is 1.85. The topological polar surface area (TPSA) is 40.5 Å². The van der Waals surface area contributed by atoms with E-state index in [4.69, 9.17) is 11.6 Å². The van der Waals surface area contributed by atoms with Crippen LogP contribution < -0.4 is 4.90 Å². The van der Waals surface area contributed by atoms with Crippen molar-refractivity contribution in [3.63, 3.8) is 0 Å². The fourth-order valence-corrected chi connectivity index (χ4v) is 2.43. The summed E-state index contributed by atoms with van der Waals surface area (Å²) in [6, 6.07) is 11.0. The predicted octanol–water partition coefficient (Wildman–Crippen LogP) is 4.42. The fraction of sp³-hybridized carbons (Fsp3) is 0.188. The van der Waals surface area contributed by atoms with Gasteiger partial charge < -0.3 is 10.0 Å². The zero-order valence-electron chi connectivity index (χ0n) is 11.6. The molecule has 0 heterocycles. The molecule has 0 amide bonds. The van der Waals surface area contributed by atoms with Crippen LogP contribution in [0.2, 0.25) is 5.02 Å². The van der Waals surface area contributed by atoms with E-state index in [1.165, 1.54) is 6.07 Å². The Morgan fingerprint density at radius 2 is 1.70 bits per heavy atom. The zero-order valence-corrected chi connectivity index (χ0v) is 12.4. The van der Waals surface area contributed by atoms with Crippen molar-refractivity contribution in [3.05, 3.63) is 58.1 Å². The average Bonchev–Trinajstić information content (AvgIpc) is 2.36. The number of anilines is 2. The Hall–Kier alpha value is -2.00. The summed E-state index contributed by atoms with van der Waals surface area (Å²) in [4.78, 5) is 13.2. The standard InChI is InChI=1S/C16H16ClNO2/c1-10-6-11(2)8-13(7-10)18(3)15-5-4-12(17)9-14(15)16(19)20/h4-9H,1-3H3,(H,19,20). The normalized spacial score (nSPS) is 10.4. The third-order valence-corrected chi connectivity index (χ3v) is 3.38. The van der Waals surface area contributed by atoms with Gasteiger partial charge in [0.1, 0.15) is 0 Å². The first kappa shape index (κ1) is 14.4. The number of carbonyl (C=O) groups is 1. The highest BCUT2D eigenvalue weighted by Gasteiger charge is 2.15. The lowest BCUT2D eigenvalue weighted by Crippen LogP contribution is -2.14. The predicted molar refractivity (Wildman–Crippen MR) is 82.4 cm³/mol. The Morgan fingerprint density at radius 3 is 2.25 bits per heavy atom. The number of rotatable bonds is 3. The van der Waals surface area contributed by atoms with Crippen LogP contribution in [-0.4, -0.2) is 18.1 Å². The number of carboxylic acid groups (broad SMARTS) is 1. The molecule has 3 nitrogen and oxygen atoms in total. The maximum Gasteiger partial charge on any atom is 0.337 e. The maximum atomic E-state index is 11.4. The number of nitrogens with zero attached hydrogens (tertiary/aromatic N) is 1. The third-order valence-electron chi connectivity index (χ3n) is 3.14. The van der Waals surface area contributed by atoms with Crippen molar-refractivity contribution in [2.24, 2.45) is 0 Å². The minimum absolute atomic E-state index is 0.194. The van der Waals surface area contributed by atoms with E-state index in [0.29, 0.717) is 10.7 Å². The number of aryl methyl sites for hydroxylation is 2. The van der Waals surface area contributed by atoms with E-state index < -0.39 is 5.97 Å². The highest BCUT2D eigenvalue weighted by molar-refractivity contribution is 6.31. The highest BCUT2D eigenvalue weighted by atomic mass is 35.5. The van der Waals surface area contributed by atoms with Gasteiger partial charge in [-0.15, -0.1) is 0 Å². The summed E-state index contributed by atoms with van der Waals surface area (Å²) in [5.41, 5.74) is 4.04. The van der Waals surface area contributed by atoms with Crippen LogP contribution in [0.4, 0.5) is 11.4 Å². The van der Waals surface area contributed by atoms with Crippen LogP contribution in [0.25, 0.3) is 0 Å². The van der Waals surface area contributed by atoms with Crippen LogP contribution in [0.5, 0.6) is 0 Å². The lowest BCUT2D eigenvalue weighted by atomic mass is 10.1. The van der Waals surface area contributed by atoms with Gasteiger partial charge in [-0.2, -0.15) is 0 Å². The van der Waals surface area contributed by atoms with Crippen LogP contribution in [0.3, 0.4) is 0 Å². The maximum absolute atomic E-state index is 11.4. The minimum atomic E-state index is -0.987.